The van der Waals surface area contributed by atoms with Crippen molar-refractivity contribution in [2.45, 2.75) is 58.3 Å². The summed E-state index contributed by atoms with van der Waals surface area (Å²) in [4.78, 5) is 14.7. The van der Waals surface area contributed by atoms with Crippen LogP contribution in [0.1, 0.15) is 50.1 Å². The van der Waals surface area contributed by atoms with Crippen molar-refractivity contribution in [2.75, 3.05) is 13.6 Å². The second-order valence-electron chi connectivity index (χ2n) is 10.0. The van der Waals surface area contributed by atoms with Crippen molar-refractivity contribution in [3.63, 3.8) is 0 Å². The highest BCUT2D eigenvalue weighted by Gasteiger charge is 2.32. The summed E-state index contributed by atoms with van der Waals surface area (Å²) in [6.07, 6.45) is -4.63. The van der Waals surface area contributed by atoms with Gasteiger partial charge in [-0.3, -0.25) is 9.69 Å². The van der Waals surface area contributed by atoms with Crippen LogP contribution in [0.2, 0.25) is 0 Å². The number of likely N-dealkylation sites (N-methyl/N-ethyl adjacent to an activating group) is 1. The fourth-order valence-electron chi connectivity index (χ4n) is 4.49. The van der Waals surface area contributed by atoms with Gasteiger partial charge in [-0.15, -0.1) is 13.2 Å². The molecular weight excluding hydrogens is 487 g/mol. The SMILES string of the molecule is CN1CCn2c(cc3cc(OCc4cc(C#N)cc(OC(F)(F)F)c4)ccc32)C1CC(=O)OC(C)(C)C. The van der Waals surface area contributed by atoms with Crippen LogP contribution in [-0.2, 0) is 22.7 Å². The van der Waals surface area contributed by atoms with E-state index >= 15 is 0 Å². The number of aromatic nitrogens is 1. The summed E-state index contributed by atoms with van der Waals surface area (Å²) in [6.45, 7) is 7.02. The van der Waals surface area contributed by atoms with E-state index in [1.54, 1.807) is 6.07 Å². The molecule has 0 bridgehead atoms. The molecule has 37 heavy (non-hydrogen) atoms. The summed E-state index contributed by atoms with van der Waals surface area (Å²) in [5, 5.41) is 10.1. The first-order chi connectivity index (χ1) is 17.3. The molecule has 1 aromatic heterocycles. The number of halogens is 3. The first-order valence-corrected chi connectivity index (χ1v) is 11.8. The summed E-state index contributed by atoms with van der Waals surface area (Å²) in [5.74, 6) is -0.213. The Hall–Kier alpha value is -3.71. The lowest BCUT2D eigenvalue weighted by atomic mass is 10.1. The molecule has 0 N–H and O–H groups in total. The topological polar surface area (TPSA) is 76.7 Å². The third-order valence-corrected chi connectivity index (χ3v) is 5.97. The number of hydrogen-bond acceptors (Lipinski definition) is 6. The molecule has 0 fully saturated rings. The fraction of sp³-hybridized carbons (Fsp3) is 0.407. The quantitative estimate of drug-likeness (QED) is 0.392. The molecule has 196 valence electrons. The number of hydrogen-bond donors (Lipinski definition) is 0. The number of carbonyl (C=O) groups is 1. The van der Waals surface area contributed by atoms with E-state index in [0.717, 1.165) is 35.8 Å². The lowest BCUT2D eigenvalue weighted by molar-refractivity contribution is -0.274. The van der Waals surface area contributed by atoms with Gasteiger partial charge in [-0.1, -0.05) is 0 Å². The zero-order valence-corrected chi connectivity index (χ0v) is 21.1. The van der Waals surface area contributed by atoms with Gasteiger partial charge in [-0.05, 0) is 75.8 Å². The van der Waals surface area contributed by atoms with Crippen molar-refractivity contribution < 1.29 is 32.2 Å². The normalized spacial score (nSPS) is 16.2. The maximum atomic E-state index is 12.6. The standard InChI is InChI=1S/C27H28F3N3O4/c1-26(2,3)37-25(34)14-23-24-13-19-12-20(5-6-22(19)33(24)8-7-32(23)4)35-16-18-9-17(15-31)10-21(11-18)36-27(28,29)30/h5-6,9-13,23H,7-8,14,16H2,1-4H3. The van der Waals surface area contributed by atoms with Crippen molar-refractivity contribution in [3.8, 4) is 17.6 Å². The van der Waals surface area contributed by atoms with Crippen LogP contribution < -0.4 is 9.47 Å². The van der Waals surface area contributed by atoms with E-state index in [0.29, 0.717) is 11.3 Å². The van der Waals surface area contributed by atoms with Crippen LogP contribution in [0, 0.1) is 11.3 Å². The van der Waals surface area contributed by atoms with Gasteiger partial charge in [0.2, 0.25) is 0 Å². The number of rotatable bonds is 6. The molecule has 0 saturated heterocycles. The maximum absolute atomic E-state index is 12.6. The van der Waals surface area contributed by atoms with Crippen LogP contribution in [0.25, 0.3) is 10.9 Å². The molecule has 1 aliphatic heterocycles. The number of benzene rings is 2. The Kier molecular flexibility index (Phi) is 7.11. The number of alkyl halides is 3. The van der Waals surface area contributed by atoms with Gasteiger partial charge >= 0.3 is 12.3 Å². The van der Waals surface area contributed by atoms with E-state index in [9.17, 15) is 18.0 Å². The Morgan fingerprint density at radius 1 is 1.08 bits per heavy atom. The Morgan fingerprint density at radius 2 is 1.84 bits per heavy atom. The number of carbonyl (C=O) groups excluding carboxylic acids is 1. The molecule has 0 radical (unpaired) electrons. The second kappa shape index (κ2) is 9.98. The van der Waals surface area contributed by atoms with Crippen LogP contribution >= 0.6 is 0 Å². The lowest BCUT2D eigenvalue weighted by Crippen LogP contribution is -2.37. The predicted octanol–water partition coefficient (Wildman–Crippen LogP) is 5.71. The van der Waals surface area contributed by atoms with Crippen molar-refractivity contribution in [1.29, 1.82) is 5.26 Å². The molecule has 1 aliphatic rings. The van der Waals surface area contributed by atoms with Crippen molar-refractivity contribution in [1.82, 2.24) is 9.47 Å². The Labute approximate surface area is 212 Å². The third kappa shape index (κ3) is 6.54. The largest absolute Gasteiger partial charge is 0.573 e. The molecule has 0 spiro atoms. The van der Waals surface area contributed by atoms with Gasteiger partial charge < -0.3 is 18.8 Å². The van der Waals surface area contributed by atoms with Gasteiger partial charge in [0.1, 0.15) is 23.7 Å². The van der Waals surface area contributed by atoms with Gasteiger partial charge in [-0.2, -0.15) is 5.26 Å². The Morgan fingerprint density at radius 3 is 2.51 bits per heavy atom. The number of fused-ring (bicyclic) bond motifs is 3. The van der Waals surface area contributed by atoms with Crippen LogP contribution in [0.5, 0.6) is 11.5 Å². The second-order valence-corrected chi connectivity index (χ2v) is 10.0. The lowest BCUT2D eigenvalue weighted by Gasteiger charge is -2.34. The molecule has 3 aromatic rings. The van der Waals surface area contributed by atoms with E-state index in [4.69, 9.17) is 14.7 Å². The molecule has 0 amide bonds. The Balaban J connectivity index is 1.54. The first kappa shape index (κ1) is 26.4. The number of nitrogens with zero attached hydrogens (tertiary/aromatic N) is 3. The highest BCUT2D eigenvalue weighted by Crippen LogP contribution is 2.35. The molecular formula is C27H28F3N3O4. The molecule has 4 rings (SSSR count). The van der Waals surface area contributed by atoms with Gasteiger partial charge in [-0.25, -0.2) is 0 Å². The highest BCUT2D eigenvalue weighted by molar-refractivity contribution is 5.83. The molecule has 2 heterocycles. The molecule has 0 saturated carbocycles. The zero-order chi connectivity index (χ0) is 27.0. The number of esters is 1. The minimum absolute atomic E-state index is 0.0380. The maximum Gasteiger partial charge on any atom is 0.573 e. The molecule has 10 heteroatoms. The zero-order valence-electron chi connectivity index (χ0n) is 21.1. The van der Waals surface area contributed by atoms with E-state index in [-0.39, 0.29) is 30.6 Å². The highest BCUT2D eigenvalue weighted by atomic mass is 19.4. The van der Waals surface area contributed by atoms with Crippen LogP contribution in [0.3, 0.4) is 0 Å². The molecule has 7 nitrogen and oxygen atoms in total. The van der Waals surface area contributed by atoms with E-state index in [1.165, 1.54) is 12.1 Å². The van der Waals surface area contributed by atoms with Crippen LogP contribution in [0.15, 0.2) is 42.5 Å². The molecule has 2 aromatic carbocycles. The van der Waals surface area contributed by atoms with E-state index in [1.807, 2.05) is 52.1 Å². The average Bonchev–Trinajstić information content (AvgIpc) is 3.15. The van der Waals surface area contributed by atoms with Crippen molar-refractivity contribution in [2.24, 2.45) is 0 Å². The monoisotopic (exact) mass is 515 g/mol. The summed E-state index contributed by atoms with van der Waals surface area (Å²) in [5.41, 5.74) is 1.85. The molecule has 1 atom stereocenters. The molecule has 0 aliphatic carbocycles. The summed E-state index contributed by atoms with van der Waals surface area (Å²) in [6, 6.07) is 13.0. The predicted molar refractivity (Wildman–Crippen MR) is 130 cm³/mol. The van der Waals surface area contributed by atoms with Gasteiger partial charge in [0.25, 0.3) is 0 Å². The fourth-order valence-corrected chi connectivity index (χ4v) is 4.49. The van der Waals surface area contributed by atoms with Gasteiger partial charge in [0.05, 0.1) is 24.1 Å². The first-order valence-electron chi connectivity index (χ1n) is 11.8. The number of nitriles is 1. The van der Waals surface area contributed by atoms with E-state index in [2.05, 4.69) is 14.2 Å². The summed E-state index contributed by atoms with van der Waals surface area (Å²) >= 11 is 0. The smallest absolute Gasteiger partial charge is 0.489 e. The van der Waals surface area contributed by atoms with Gasteiger partial charge in [0.15, 0.2) is 0 Å². The van der Waals surface area contributed by atoms with E-state index < -0.39 is 17.7 Å². The molecule has 1 unspecified atom stereocenters. The van der Waals surface area contributed by atoms with Gasteiger partial charge in [0, 0.05) is 29.7 Å². The summed E-state index contributed by atoms with van der Waals surface area (Å²) in [7, 11) is 1.98. The van der Waals surface area contributed by atoms with Crippen molar-refractivity contribution >= 4 is 16.9 Å². The Bertz CT molecular complexity index is 1350. The van der Waals surface area contributed by atoms with Crippen molar-refractivity contribution in [3.05, 3.63) is 59.3 Å². The average molecular weight is 516 g/mol. The van der Waals surface area contributed by atoms with Crippen LogP contribution in [0.4, 0.5) is 13.2 Å². The minimum Gasteiger partial charge on any atom is -0.489 e. The van der Waals surface area contributed by atoms with Crippen LogP contribution in [-0.4, -0.2) is 41.0 Å². The number of ether oxygens (including phenoxy) is 3. The summed E-state index contributed by atoms with van der Waals surface area (Å²) < 4.78 is 55.4. The minimum atomic E-state index is -4.86. The third-order valence-electron chi connectivity index (χ3n) is 5.97.